The van der Waals surface area contributed by atoms with Crippen molar-refractivity contribution in [3.05, 3.63) is 52.1 Å². The number of nitro benzene ring substituents is 1. The van der Waals surface area contributed by atoms with Gasteiger partial charge in [0.1, 0.15) is 17.4 Å². The number of fused-ring (bicyclic) bond motifs is 5. The van der Waals surface area contributed by atoms with Crippen molar-refractivity contribution in [2.45, 2.75) is 25.9 Å². The first kappa shape index (κ1) is 16.2. The summed E-state index contributed by atoms with van der Waals surface area (Å²) in [6, 6.07) is 10.7. The van der Waals surface area contributed by atoms with Crippen LogP contribution in [0.4, 0.5) is 5.69 Å². The Morgan fingerprint density at radius 3 is 2.74 bits per heavy atom. The highest BCUT2D eigenvalue weighted by Gasteiger charge is 2.31. The molecule has 138 valence electrons. The van der Waals surface area contributed by atoms with E-state index < -0.39 is 11.2 Å². The zero-order chi connectivity index (χ0) is 18.5. The van der Waals surface area contributed by atoms with E-state index >= 15 is 0 Å². The Kier molecular flexibility index (Phi) is 3.63. The fraction of sp³-hybridized carbons (Fsp3) is 0.316. The molecule has 2 aliphatic heterocycles. The Labute approximate surface area is 154 Å². The summed E-state index contributed by atoms with van der Waals surface area (Å²) in [5.41, 5.74) is 2.83. The minimum Gasteiger partial charge on any atom is -0.488 e. The fourth-order valence-electron chi connectivity index (χ4n) is 3.78. The molecule has 1 atom stereocenters. The first-order valence-corrected chi connectivity index (χ1v) is 8.80. The van der Waals surface area contributed by atoms with Crippen molar-refractivity contribution in [3.63, 3.8) is 0 Å². The van der Waals surface area contributed by atoms with E-state index in [2.05, 4.69) is 0 Å². The van der Waals surface area contributed by atoms with Gasteiger partial charge in [-0.2, -0.15) is 0 Å². The third-order valence-corrected chi connectivity index (χ3v) is 4.88. The number of nitrogens with zero attached hydrogens (tertiary/aromatic N) is 3. The van der Waals surface area contributed by atoms with Crippen molar-refractivity contribution in [3.8, 4) is 17.1 Å². The zero-order valence-corrected chi connectivity index (χ0v) is 14.6. The predicted octanol–water partition coefficient (Wildman–Crippen LogP) is 3.44. The Morgan fingerprint density at radius 1 is 1.19 bits per heavy atom. The van der Waals surface area contributed by atoms with Crippen molar-refractivity contribution < 1.29 is 19.1 Å². The summed E-state index contributed by atoms with van der Waals surface area (Å²) < 4.78 is 19.2. The van der Waals surface area contributed by atoms with E-state index in [4.69, 9.17) is 19.2 Å². The van der Waals surface area contributed by atoms with Crippen molar-refractivity contribution >= 4 is 16.7 Å². The molecule has 3 heterocycles. The predicted molar refractivity (Wildman–Crippen MR) is 96.6 cm³/mol. The van der Waals surface area contributed by atoms with E-state index in [-0.39, 0.29) is 11.8 Å². The monoisotopic (exact) mass is 367 g/mol. The van der Waals surface area contributed by atoms with Gasteiger partial charge in [0.15, 0.2) is 12.1 Å². The topological polar surface area (TPSA) is 88.7 Å². The van der Waals surface area contributed by atoms with Crippen molar-refractivity contribution in [2.24, 2.45) is 0 Å². The van der Waals surface area contributed by atoms with Crippen LogP contribution in [0.25, 0.3) is 22.4 Å². The van der Waals surface area contributed by atoms with Crippen LogP contribution < -0.4 is 4.74 Å². The lowest BCUT2D eigenvalue weighted by Crippen LogP contribution is -2.17. The molecule has 3 aromatic rings. The second-order valence-corrected chi connectivity index (χ2v) is 6.67. The Morgan fingerprint density at radius 2 is 1.96 bits per heavy atom. The molecule has 27 heavy (non-hydrogen) atoms. The van der Waals surface area contributed by atoms with Crippen LogP contribution in [0.5, 0.6) is 5.75 Å². The highest BCUT2D eigenvalue weighted by atomic mass is 16.7. The quantitative estimate of drug-likeness (QED) is 0.509. The normalized spacial score (nSPS) is 19.4. The maximum Gasteiger partial charge on any atom is 0.284 e. The number of benzene rings is 2. The van der Waals surface area contributed by atoms with Gasteiger partial charge in [0.2, 0.25) is 0 Å². The van der Waals surface area contributed by atoms with Gasteiger partial charge < -0.3 is 18.8 Å². The molecule has 0 bridgehead atoms. The second-order valence-electron chi connectivity index (χ2n) is 6.67. The van der Waals surface area contributed by atoms with Crippen molar-refractivity contribution in [1.29, 1.82) is 0 Å². The molecule has 0 N–H and O–H groups in total. The number of rotatable bonds is 2. The molecule has 8 nitrogen and oxygen atoms in total. The molecule has 5 rings (SSSR count). The smallest absolute Gasteiger partial charge is 0.284 e. The molecule has 1 unspecified atom stereocenters. The summed E-state index contributed by atoms with van der Waals surface area (Å²) in [7, 11) is 0. The molecule has 0 aliphatic carbocycles. The van der Waals surface area contributed by atoms with Crippen LogP contribution in [-0.4, -0.2) is 33.8 Å². The van der Waals surface area contributed by atoms with Crippen LogP contribution in [0.2, 0.25) is 0 Å². The molecule has 1 fully saturated rings. The van der Waals surface area contributed by atoms with Gasteiger partial charge in [0.05, 0.1) is 35.7 Å². The molecule has 1 aromatic heterocycles. The Hall–Kier alpha value is -2.97. The van der Waals surface area contributed by atoms with Gasteiger partial charge in [-0.1, -0.05) is 18.2 Å². The van der Waals surface area contributed by atoms with Crippen LogP contribution in [0.3, 0.4) is 0 Å². The first-order valence-electron chi connectivity index (χ1n) is 8.80. The number of hydrogen-bond acceptors (Lipinski definition) is 6. The maximum absolute atomic E-state index is 11.6. The minimum absolute atomic E-state index is 0.0203. The number of nitro groups is 1. The van der Waals surface area contributed by atoms with Crippen LogP contribution >= 0.6 is 0 Å². The standard InChI is InChI=1S/C19H17N3O5/c1-11-10-21-14-6-2-4-12(19-25-8-9-26-19)17(14)20-18(21)16-13(22(23)24)5-3-7-15(16)27-11/h2-7,11,19H,8-10H2,1H3. The summed E-state index contributed by atoms with van der Waals surface area (Å²) in [5, 5.41) is 11.6. The molecule has 2 aliphatic rings. The van der Waals surface area contributed by atoms with Crippen molar-refractivity contribution in [1.82, 2.24) is 9.55 Å². The van der Waals surface area contributed by atoms with Crippen LogP contribution in [-0.2, 0) is 16.0 Å². The summed E-state index contributed by atoms with van der Waals surface area (Å²) >= 11 is 0. The fourth-order valence-corrected chi connectivity index (χ4v) is 3.78. The average Bonchev–Trinajstić information content (AvgIpc) is 3.27. The summed E-state index contributed by atoms with van der Waals surface area (Å²) in [6.07, 6.45) is -0.626. The lowest BCUT2D eigenvalue weighted by molar-refractivity contribution is -0.384. The minimum atomic E-state index is -0.466. The largest absolute Gasteiger partial charge is 0.488 e. The van der Waals surface area contributed by atoms with E-state index in [0.29, 0.717) is 36.9 Å². The second kappa shape index (κ2) is 6.04. The molecule has 0 saturated carbocycles. The number of aromatic nitrogens is 2. The number of imidazole rings is 1. The van der Waals surface area contributed by atoms with Gasteiger partial charge in [0, 0.05) is 11.6 Å². The highest BCUT2D eigenvalue weighted by molar-refractivity contribution is 5.87. The molecule has 2 aromatic carbocycles. The summed E-state index contributed by atoms with van der Waals surface area (Å²) in [5.74, 6) is 1.00. The van der Waals surface area contributed by atoms with E-state index in [0.717, 1.165) is 16.6 Å². The van der Waals surface area contributed by atoms with Gasteiger partial charge in [-0.25, -0.2) is 4.98 Å². The Balaban J connectivity index is 1.81. The highest BCUT2D eigenvalue weighted by Crippen LogP contribution is 2.42. The summed E-state index contributed by atoms with van der Waals surface area (Å²) in [4.78, 5) is 16.0. The van der Waals surface area contributed by atoms with Gasteiger partial charge in [-0.3, -0.25) is 10.1 Å². The van der Waals surface area contributed by atoms with Crippen LogP contribution in [0.1, 0.15) is 18.8 Å². The zero-order valence-electron chi connectivity index (χ0n) is 14.6. The third kappa shape index (κ3) is 2.48. The number of para-hydroxylation sites is 1. The average molecular weight is 367 g/mol. The molecule has 0 amide bonds. The molecule has 0 radical (unpaired) electrons. The first-order chi connectivity index (χ1) is 13.1. The summed E-state index contributed by atoms with van der Waals surface area (Å²) in [6.45, 7) is 3.55. The SMILES string of the molecule is CC1Cn2c(nc3c(C4OCCO4)cccc32)-c2c(cccc2[N+](=O)[O-])O1. The number of hydrogen-bond donors (Lipinski definition) is 0. The lowest BCUT2D eigenvalue weighted by atomic mass is 10.1. The van der Waals surface area contributed by atoms with Crippen LogP contribution in [0.15, 0.2) is 36.4 Å². The van der Waals surface area contributed by atoms with Crippen LogP contribution in [0, 0.1) is 10.1 Å². The molecular weight excluding hydrogens is 350 g/mol. The third-order valence-electron chi connectivity index (χ3n) is 4.88. The molecule has 0 spiro atoms. The van der Waals surface area contributed by atoms with Gasteiger partial charge >= 0.3 is 0 Å². The van der Waals surface area contributed by atoms with E-state index in [1.54, 1.807) is 12.1 Å². The maximum atomic E-state index is 11.6. The van der Waals surface area contributed by atoms with E-state index in [1.807, 2.05) is 29.7 Å². The Bertz CT molecular complexity index is 1050. The van der Waals surface area contributed by atoms with Gasteiger partial charge in [-0.05, 0) is 19.1 Å². The lowest BCUT2D eigenvalue weighted by Gasteiger charge is -2.14. The number of ether oxygens (including phenoxy) is 3. The molecular formula is C19H17N3O5. The van der Waals surface area contributed by atoms with Gasteiger partial charge in [-0.15, -0.1) is 0 Å². The van der Waals surface area contributed by atoms with Gasteiger partial charge in [0.25, 0.3) is 5.69 Å². The van der Waals surface area contributed by atoms with Crippen molar-refractivity contribution in [2.75, 3.05) is 13.2 Å². The van der Waals surface area contributed by atoms with E-state index in [1.165, 1.54) is 6.07 Å². The molecule has 8 heteroatoms. The van der Waals surface area contributed by atoms with E-state index in [9.17, 15) is 10.1 Å². The molecule has 1 saturated heterocycles.